The predicted octanol–water partition coefficient (Wildman–Crippen LogP) is 1.77. The van der Waals surface area contributed by atoms with Crippen LogP contribution in [0.1, 0.15) is 51.4 Å². The number of unbranched alkanes of at least 4 members (excludes halogenated alkanes) is 1. The van der Waals surface area contributed by atoms with Crippen molar-refractivity contribution >= 4 is 11.8 Å². The molecule has 0 unspecified atom stereocenters. The summed E-state index contributed by atoms with van der Waals surface area (Å²) in [6, 6.07) is 0. The molecule has 2 fully saturated rings. The zero-order chi connectivity index (χ0) is 14.2. The zero-order valence-electron chi connectivity index (χ0n) is 12.3. The van der Waals surface area contributed by atoms with Gasteiger partial charge < -0.3 is 14.5 Å². The molecule has 20 heavy (non-hydrogen) atoms. The number of carbonyl (C=O) groups is 2. The lowest BCUT2D eigenvalue weighted by Gasteiger charge is -2.20. The maximum absolute atomic E-state index is 11.8. The van der Waals surface area contributed by atoms with E-state index < -0.39 is 0 Å². The SMILES string of the molecule is O=C1CCCCCN1CCCCOCN1CCCC1=O. The maximum atomic E-state index is 11.8. The fraction of sp³-hybridized carbons (Fsp3) is 0.867. The van der Waals surface area contributed by atoms with Crippen molar-refractivity contribution in [3.8, 4) is 0 Å². The molecule has 0 aromatic heterocycles. The van der Waals surface area contributed by atoms with Gasteiger partial charge in [-0.3, -0.25) is 9.59 Å². The molecule has 2 saturated heterocycles. The third-order valence-corrected chi connectivity index (χ3v) is 4.06. The van der Waals surface area contributed by atoms with E-state index in [4.69, 9.17) is 4.74 Å². The Hall–Kier alpha value is -1.10. The standard InChI is InChI=1S/C15H26N2O3/c18-14-7-2-1-3-9-16(14)10-4-5-12-20-13-17-11-6-8-15(17)19/h1-13H2. The summed E-state index contributed by atoms with van der Waals surface area (Å²) >= 11 is 0. The average molecular weight is 282 g/mol. The first-order valence-electron chi connectivity index (χ1n) is 7.90. The topological polar surface area (TPSA) is 49.9 Å². The monoisotopic (exact) mass is 282 g/mol. The second-order valence-electron chi connectivity index (χ2n) is 5.70. The van der Waals surface area contributed by atoms with Crippen LogP contribution in [0.25, 0.3) is 0 Å². The van der Waals surface area contributed by atoms with Gasteiger partial charge in [-0.25, -0.2) is 0 Å². The van der Waals surface area contributed by atoms with Gasteiger partial charge in [0.1, 0.15) is 6.73 Å². The van der Waals surface area contributed by atoms with Crippen LogP contribution in [-0.4, -0.2) is 54.6 Å². The van der Waals surface area contributed by atoms with Gasteiger partial charge in [-0.05, 0) is 32.1 Å². The second kappa shape index (κ2) is 8.25. The Bertz CT molecular complexity index is 333. The smallest absolute Gasteiger partial charge is 0.224 e. The number of amides is 2. The number of ether oxygens (including phenoxy) is 1. The first-order chi connectivity index (χ1) is 9.77. The molecule has 2 aliphatic heterocycles. The number of carbonyl (C=O) groups excluding carboxylic acids is 2. The van der Waals surface area contributed by atoms with Gasteiger partial charge in [0.15, 0.2) is 0 Å². The lowest BCUT2D eigenvalue weighted by atomic mass is 10.2. The van der Waals surface area contributed by atoms with Crippen molar-refractivity contribution < 1.29 is 14.3 Å². The van der Waals surface area contributed by atoms with Crippen LogP contribution in [0.3, 0.4) is 0 Å². The van der Waals surface area contributed by atoms with Crippen LogP contribution in [-0.2, 0) is 14.3 Å². The van der Waals surface area contributed by atoms with Gasteiger partial charge >= 0.3 is 0 Å². The highest BCUT2D eigenvalue weighted by atomic mass is 16.5. The summed E-state index contributed by atoms with van der Waals surface area (Å²) in [6.07, 6.45) is 7.63. The van der Waals surface area contributed by atoms with E-state index in [-0.39, 0.29) is 5.91 Å². The van der Waals surface area contributed by atoms with E-state index in [9.17, 15) is 9.59 Å². The first-order valence-corrected chi connectivity index (χ1v) is 7.90. The van der Waals surface area contributed by atoms with Crippen molar-refractivity contribution in [2.45, 2.75) is 51.4 Å². The summed E-state index contributed by atoms with van der Waals surface area (Å²) in [4.78, 5) is 26.9. The van der Waals surface area contributed by atoms with Gasteiger partial charge in [0.2, 0.25) is 11.8 Å². The number of likely N-dealkylation sites (tertiary alicyclic amines) is 2. The normalized spacial score (nSPS) is 20.6. The number of rotatable bonds is 7. The van der Waals surface area contributed by atoms with E-state index >= 15 is 0 Å². The third-order valence-electron chi connectivity index (χ3n) is 4.06. The van der Waals surface area contributed by atoms with Crippen LogP contribution in [0, 0.1) is 0 Å². The quantitative estimate of drug-likeness (QED) is 0.669. The van der Waals surface area contributed by atoms with Gasteiger partial charge in [-0.15, -0.1) is 0 Å². The summed E-state index contributed by atoms with van der Waals surface area (Å²) in [5, 5.41) is 0. The summed E-state index contributed by atoms with van der Waals surface area (Å²) in [7, 11) is 0. The Kier molecular flexibility index (Phi) is 6.30. The fourth-order valence-electron chi connectivity index (χ4n) is 2.80. The molecule has 5 nitrogen and oxygen atoms in total. The highest BCUT2D eigenvalue weighted by Crippen LogP contribution is 2.12. The van der Waals surface area contributed by atoms with E-state index in [2.05, 4.69) is 0 Å². The third kappa shape index (κ3) is 4.78. The van der Waals surface area contributed by atoms with E-state index in [1.54, 1.807) is 4.90 Å². The van der Waals surface area contributed by atoms with Crippen molar-refractivity contribution in [1.29, 1.82) is 0 Å². The van der Waals surface area contributed by atoms with Crippen molar-refractivity contribution in [3.63, 3.8) is 0 Å². The highest BCUT2D eigenvalue weighted by Gasteiger charge is 2.19. The zero-order valence-corrected chi connectivity index (χ0v) is 12.3. The van der Waals surface area contributed by atoms with Crippen LogP contribution in [0.4, 0.5) is 0 Å². The predicted molar refractivity (Wildman–Crippen MR) is 76.0 cm³/mol. The summed E-state index contributed by atoms with van der Waals surface area (Å²) in [5.74, 6) is 0.520. The Morgan fingerprint density at radius 1 is 0.850 bits per heavy atom. The van der Waals surface area contributed by atoms with E-state index in [1.165, 1.54) is 6.42 Å². The number of hydrogen-bond donors (Lipinski definition) is 0. The molecule has 2 rings (SSSR count). The van der Waals surface area contributed by atoms with Gasteiger partial charge in [-0.2, -0.15) is 0 Å². The molecule has 2 aliphatic rings. The summed E-state index contributed by atoms with van der Waals surface area (Å²) in [5.41, 5.74) is 0. The Labute approximate surface area is 121 Å². The van der Waals surface area contributed by atoms with Gasteiger partial charge in [0.25, 0.3) is 0 Å². The molecular formula is C15H26N2O3. The molecule has 5 heteroatoms. The molecule has 0 aromatic carbocycles. The second-order valence-corrected chi connectivity index (χ2v) is 5.70. The molecule has 0 bridgehead atoms. The molecule has 2 amide bonds. The van der Waals surface area contributed by atoms with Crippen LogP contribution >= 0.6 is 0 Å². The summed E-state index contributed by atoms with van der Waals surface area (Å²) < 4.78 is 5.53. The van der Waals surface area contributed by atoms with Crippen LogP contribution in [0.2, 0.25) is 0 Å². The minimum Gasteiger partial charge on any atom is -0.361 e. The molecule has 2 heterocycles. The number of nitrogens with zero attached hydrogens (tertiary/aromatic N) is 2. The molecule has 0 saturated carbocycles. The lowest BCUT2D eigenvalue weighted by Crippen LogP contribution is -2.31. The molecule has 0 spiro atoms. The van der Waals surface area contributed by atoms with Crippen molar-refractivity contribution in [1.82, 2.24) is 9.80 Å². The minimum absolute atomic E-state index is 0.208. The summed E-state index contributed by atoms with van der Waals surface area (Å²) in [6.45, 7) is 3.71. The molecule has 0 radical (unpaired) electrons. The van der Waals surface area contributed by atoms with Crippen molar-refractivity contribution in [2.75, 3.05) is 33.0 Å². The largest absolute Gasteiger partial charge is 0.361 e. The fourth-order valence-corrected chi connectivity index (χ4v) is 2.80. The van der Waals surface area contributed by atoms with Crippen LogP contribution < -0.4 is 0 Å². The van der Waals surface area contributed by atoms with E-state index in [1.807, 2.05) is 4.90 Å². The van der Waals surface area contributed by atoms with Crippen molar-refractivity contribution in [2.24, 2.45) is 0 Å². The van der Waals surface area contributed by atoms with E-state index in [0.717, 1.165) is 51.7 Å². The molecule has 0 atom stereocenters. The Morgan fingerprint density at radius 2 is 1.60 bits per heavy atom. The molecule has 0 aliphatic carbocycles. The van der Waals surface area contributed by atoms with Crippen LogP contribution in [0.15, 0.2) is 0 Å². The maximum Gasteiger partial charge on any atom is 0.224 e. The first kappa shape index (κ1) is 15.3. The van der Waals surface area contributed by atoms with Crippen LogP contribution in [0.5, 0.6) is 0 Å². The molecular weight excluding hydrogens is 256 g/mol. The Balaban J connectivity index is 1.50. The van der Waals surface area contributed by atoms with E-state index in [0.29, 0.717) is 32.1 Å². The van der Waals surface area contributed by atoms with Gasteiger partial charge in [0.05, 0.1) is 0 Å². The lowest BCUT2D eigenvalue weighted by molar-refractivity contribution is -0.133. The average Bonchev–Trinajstić information content (AvgIpc) is 2.73. The van der Waals surface area contributed by atoms with Gasteiger partial charge in [-0.1, -0.05) is 6.42 Å². The van der Waals surface area contributed by atoms with Crippen molar-refractivity contribution in [3.05, 3.63) is 0 Å². The number of hydrogen-bond acceptors (Lipinski definition) is 3. The minimum atomic E-state index is 0.208. The highest BCUT2D eigenvalue weighted by molar-refractivity contribution is 5.77. The molecule has 0 aromatic rings. The Morgan fingerprint density at radius 3 is 2.40 bits per heavy atom. The molecule has 0 N–H and O–H groups in total. The molecule has 114 valence electrons. The van der Waals surface area contributed by atoms with Gasteiger partial charge in [0, 0.05) is 39.1 Å².